The number of benzene rings is 3. The molecule has 0 bridgehead atoms. The number of aliphatic hydroxyl groups excluding tert-OH is 1. The number of nitrogens with zero attached hydrogens (tertiary/aromatic N) is 1. The molecule has 0 aliphatic carbocycles. The molecule has 1 aliphatic heterocycles. The normalized spacial score (nSPS) is 17.3. The number of aliphatic hydroxyl groups is 1. The van der Waals surface area contributed by atoms with Crippen LogP contribution in [0.15, 0.2) is 84.6 Å². The number of nitrogens with one attached hydrogen (secondary N) is 1. The predicted octanol–water partition coefficient (Wildman–Crippen LogP) is 4.98. The minimum absolute atomic E-state index is 0.0225. The van der Waals surface area contributed by atoms with Gasteiger partial charge in [0.1, 0.15) is 17.3 Å². The Morgan fingerprint density at radius 2 is 1.74 bits per heavy atom. The monoisotopic (exact) mass is 470 g/mol. The third-order valence-corrected chi connectivity index (χ3v) is 6.39. The summed E-state index contributed by atoms with van der Waals surface area (Å²) in [6.45, 7) is 0.267. The Hall–Kier alpha value is -4.39. The van der Waals surface area contributed by atoms with E-state index in [-0.39, 0.29) is 23.4 Å². The number of aromatic amines is 1. The molecule has 1 aromatic heterocycles. The summed E-state index contributed by atoms with van der Waals surface area (Å²) >= 11 is 0. The SMILES string of the molecule is COc1ccc([C@H]2C(=C(O)c3ccc(F)cc3)C(=O)C(=O)N2CCc2c[nH]c3ccccc23)cc1. The summed E-state index contributed by atoms with van der Waals surface area (Å²) in [4.78, 5) is 31.1. The lowest BCUT2D eigenvalue weighted by atomic mass is 9.95. The summed E-state index contributed by atoms with van der Waals surface area (Å²) in [6.07, 6.45) is 2.42. The van der Waals surface area contributed by atoms with Gasteiger partial charge in [0.15, 0.2) is 0 Å². The topological polar surface area (TPSA) is 82.6 Å². The minimum Gasteiger partial charge on any atom is -0.507 e. The number of rotatable bonds is 6. The maximum atomic E-state index is 13.4. The van der Waals surface area contributed by atoms with Crippen LogP contribution in [0.2, 0.25) is 0 Å². The highest BCUT2D eigenvalue weighted by Gasteiger charge is 2.45. The molecule has 6 nitrogen and oxygen atoms in total. The Morgan fingerprint density at radius 1 is 1.03 bits per heavy atom. The molecule has 2 heterocycles. The lowest BCUT2D eigenvalue weighted by Crippen LogP contribution is -2.31. The van der Waals surface area contributed by atoms with Crippen LogP contribution in [-0.4, -0.2) is 40.3 Å². The number of ketones is 1. The van der Waals surface area contributed by atoms with Crippen LogP contribution in [0.5, 0.6) is 5.75 Å². The first-order valence-corrected chi connectivity index (χ1v) is 11.2. The Labute approximate surface area is 201 Å². The van der Waals surface area contributed by atoms with Crippen LogP contribution in [0.3, 0.4) is 0 Å². The number of halogens is 1. The van der Waals surface area contributed by atoms with Crippen LogP contribution in [0.4, 0.5) is 4.39 Å². The molecular weight excluding hydrogens is 447 g/mol. The van der Waals surface area contributed by atoms with E-state index < -0.39 is 23.5 Å². The second kappa shape index (κ2) is 9.10. The maximum Gasteiger partial charge on any atom is 0.295 e. The van der Waals surface area contributed by atoms with E-state index in [1.807, 2.05) is 30.5 Å². The van der Waals surface area contributed by atoms with E-state index in [0.717, 1.165) is 16.5 Å². The van der Waals surface area contributed by atoms with Gasteiger partial charge < -0.3 is 19.7 Å². The van der Waals surface area contributed by atoms with Crippen molar-refractivity contribution in [1.29, 1.82) is 0 Å². The van der Waals surface area contributed by atoms with Crippen molar-refractivity contribution in [3.05, 3.63) is 107 Å². The number of amides is 1. The number of likely N-dealkylation sites (tertiary alicyclic amines) is 1. The van der Waals surface area contributed by atoms with Gasteiger partial charge in [-0.1, -0.05) is 30.3 Å². The van der Waals surface area contributed by atoms with Crippen molar-refractivity contribution in [2.24, 2.45) is 0 Å². The molecule has 2 N–H and O–H groups in total. The van der Waals surface area contributed by atoms with Crippen LogP contribution in [0, 0.1) is 5.82 Å². The maximum absolute atomic E-state index is 13.4. The summed E-state index contributed by atoms with van der Waals surface area (Å²) in [6, 6.07) is 19.3. The second-order valence-corrected chi connectivity index (χ2v) is 8.38. The van der Waals surface area contributed by atoms with E-state index in [1.54, 1.807) is 31.4 Å². The van der Waals surface area contributed by atoms with E-state index in [0.29, 0.717) is 17.7 Å². The molecule has 4 aromatic rings. The highest BCUT2D eigenvalue weighted by molar-refractivity contribution is 6.46. The first-order valence-electron chi connectivity index (χ1n) is 11.2. The number of methoxy groups -OCH3 is 1. The molecule has 0 spiro atoms. The molecule has 3 aromatic carbocycles. The summed E-state index contributed by atoms with van der Waals surface area (Å²) < 4.78 is 18.7. The van der Waals surface area contributed by atoms with Gasteiger partial charge in [-0.25, -0.2) is 4.39 Å². The zero-order valence-corrected chi connectivity index (χ0v) is 19.0. The molecule has 1 fully saturated rings. The molecule has 0 saturated carbocycles. The molecular formula is C28H23FN2O4. The molecule has 35 heavy (non-hydrogen) atoms. The first-order chi connectivity index (χ1) is 17.0. The number of hydrogen-bond donors (Lipinski definition) is 2. The number of carbonyl (C=O) groups excluding carboxylic acids is 2. The average Bonchev–Trinajstić information content (AvgIpc) is 3.41. The summed E-state index contributed by atoms with van der Waals surface area (Å²) in [5.41, 5.74) is 2.92. The molecule has 7 heteroatoms. The van der Waals surface area contributed by atoms with E-state index in [1.165, 1.54) is 29.2 Å². The van der Waals surface area contributed by atoms with Gasteiger partial charge in [0.25, 0.3) is 11.7 Å². The van der Waals surface area contributed by atoms with Gasteiger partial charge in [-0.05, 0) is 60.0 Å². The third kappa shape index (κ3) is 4.05. The van der Waals surface area contributed by atoms with Gasteiger partial charge in [0.2, 0.25) is 0 Å². The number of ether oxygens (including phenoxy) is 1. The van der Waals surface area contributed by atoms with Crippen molar-refractivity contribution in [1.82, 2.24) is 9.88 Å². The standard InChI is InChI=1S/C28H23FN2O4/c1-35-21-12-8-17(9-13-21)25-24(26(32)18-6-10-20(29)11-7-18)27(33)28(34)31(25)15-14-19-16-30-23-5-3-2-4-22(19)23/h2-13,16,25,30,32H,14-15H2,1H3/t25-/m0/s1. The Balaban J connectivity index is 1.56. The van der Waals surface area contributed by atoms with Crippen molar-refractivity contribution >= 4 is 28.4 Å². The second-order valence-electron chi connectivity index (χ2n) is 8.38. The molecule has 0 radical (unpaired) electrons. The van der Waals surface area contributed by atoms with E-state index in [4.69, 9.17) is 4.74 Å². The van der Waals surface area contributed by atoms with Crippen LogP contribution < -0.4 is 4.74 Å². The number of hydrogen-bond acceptors (Lipinski definition) is 4. The molecule has 1 saturated heterocycles. The molecule has 176 valence electrons. The Bertz CT molecular complexity index is 1440. The molecule has 5 rings (SSSR count). The number of carbonyl (C=O) groups is 2. The summed E-state index contributed by atoms with van der Waals surface area (Å²) in [5, 5.41) is 12.1. The largest absolute Gasteiger partial charge is 0.507 e. The number of fused-ring (bicyclic) bond motifs is 1. The predicted molar refractivity (Wildman–Crippen MR) is 130 cm³/mol. The number of para-hydroxylation sites is 1. The molecule has 0 unspecified atom stereocenters. The van der Waals surface area contributed by atoms with Gasteiger partial charge in [0.05, 0.1) is 18.7 Å². The number of aromatic nitrogens is 1. The quantitative estimate of drug-likeness (QED) is 0.237. The lowest BCUT2D eigenvalue weighted by molar-refractivity contribution is -0.139. The third-order valence-electron chi connectivity index (χ3n) is 6.39. The van der Waals surface area contributed by atoms with Gasteiger partial charge in [-0.3, -0.25) is 9.59 Å². The smallest absolute Gasteiger partial charge is 0.295 e. The van der Waals surface area contributed by atoms with Crippen LogP contribution >= 0.6 is 0 Å². The van der Waals surface area contributed by atoms with E-state index >= 15 is 0 Å². The summed E-state index contributed by atoms with van der Waals surface area (Å²) in [5.74, 6) is -1.63. The Kier molecular flexibility index (Phi) is 5.82. The van der Waals surface area contributed by atoms with Crippen LogP contribution in [0.1, 0.15) is 22.7 Å². The van der Waals surface area contributed by atoms with Gasteiger partial charge in [-0.2, -0.15) is 0 Å². The lowest BCUT2D eigenvalue weighted by Gasteiger charge is -2.25. The molecule has 1 amide bonds. The highest BCUT2D eigenvalue weighted by atomic mass is 19.1. The van der Waals surface area contributed by atoms with Gasteiger partial charge in [-0.15, -0.1) is 0 Å². The van der Waals surface area contributed by atoms with Crippen LogP contribution in [0.25, 0.3) is 16.7 Å². The van der Waals surface area contributed by atoms with Crippen molar-refractivity contribution in [2.75, 3.05) is 13.7 Å². The zero-order valence-electron chi connectivity index (χ0n) is 19.0. The fourth-order valence-electron chi connectivity index (χ4n) is 4.59. The van der Waals surface area contributed by atoms with Crippen molar-refractivity contribution in [3.8, 4) is 5.75 Å². The van der Waals surface area contributed by atoms with Crippen molar-refractivity contribution < 1.29 is 23.8 Å². The van der Waals surface area contributed by atoms with E-state index in [2.05, 4.69) is 4.98 Å². The number of Topliss-reactive ketones (excluding diaryl/α,β-unsaturated/α-hetero) is 1. The first kappa shape index (κ1) is 22.4. The Morgan fingerprint density at radius 3 is 2.46 bits per heavy atom. The van der Waals surface area contributed by atoms with Crippen LogP contribution in [-0.2, 0) is 16.0 Å². The fraction of sp³-hybridized carbons (Fsp3) is 0.143. The molecule has 1 aliphatic rings. The fourth-order valence-corrected chi connectivity index (χ4v) is 4.59. The summed E-state index contributed by atoms with van der Waals surface area (Å²) in [7, 11) is 1.55. The minimum atomic E-state index is -0.795. The average molecular weight is 471 g/mol. The zero-order chi connectivity index (χ0) is 24.5. The van der Waals surface area contributed by atoms with Gasteiger partial charge in [0, 0.05) is 29.2 Å². The highest BCUT2D eigenvalue weighted by Crippen LogP contribution is 2.40. The van der Waals surface area contributed by atoms with E-state index in [9.17, 15) is 19.1 Å². The molecule has 1 atom stereocenters. The van der Waals surface area contributed by atoms with Crippen molar-refractivity contribution in [3.63, 3.8) is 0 Å². The number of H-pyrrole nitrogens is 1. The van der Waals surface area contributed by atoms with Gasteiger partial charge >= 0.3 is 0 Å². The van der Waals surface area contributed by atoms with Crippen molar-refractivity contribution in [2.45, 2.75) is 12.5 Å².